The predicted octanol–water partition coefficient (Wildman–Crippen LogP) is 13.8. The third-order valence-electron chi connectivity index (χ3n) is 12.0. The van der Waals surface area contributed by atoms with E-state index in [1.54, 1.807) is 0 Å². The van der Waals surface area contributed by atoms with Crippen molar-refractivity contribution >= 4 is 34.2 Å². The van der Waals surface area contributed by atoms with Crippen LogP contribution in [0.25, 0.3) is 78.7 Å². The Labute approximate surface area is 379 Å². The first kappa shape index (κ1) is 47.0. The molecule has 2 N–H and O–H groups in total. The van der Waals surface area contributed by atoms with E-state index in [4.69, 9.17) is 4.74 Å². The third kappa shape index (κ3) is 6.60. The van der Waals surface area contributed by atoms with E-state index in [2.05, 4.69) is 19.9 Å². The van der Waals surface area contributed by atoms with E-state index in [1.165, 1.54) is 0 Å². The number of halogens is 20. The number of nitrogens with zero attached hydrogens (tertiary/aromatic N) is 2. The minimum Gasteiger partial charge on any atom is -0.380 e. The van der Waals surface area contributed by atoms with Gasteiger partial charge in [0.2, 0.25) is 23.3 Å². The number of rotatable bonds is 4. The molecule has 2 unspecified atom stereocenters. The highest BCUT2D eigenvalue weighted by Crippen LogP contribution is 2.51. The van der Waals surface area contributed by atoms with Crippen molar-refractivity contribution in [2.45, 2.75) is 11.8 Å². The molecule has 3 aliphatic rings. The molecule has 3 aliphatic heterocycles. The Hall–Kier alpha value is -7.70. The Balaban J connectivity index is 1.53. The number of fused-ring (bicyclic) bond motifs is 11. The molecule has 0 radical (unpaired) electrons. The van der Waals surface area contributed by atoms with E-state index in [9.17, 15) is 17.6 Å². The molecule has 0 spiro atoms. The first-order valence-corrected chi connectivity index (χ1v) is 19.7. The molecule has 0 saturated carbocycles. The molecule has 6 heterocycles. The number of aromatic amines is 2. The van der Waals surface area contributed by atoms with Crippen LogP contribution in [0, 0.1) is 116 Å². The smallest absolute Gasteiger partial charge is 0.200 e. The van der Waals surface area contributed by atoms with Crippen LogP contribution in [-0.2, 0) is 4.74 Å². The molecule has 3 aromatic heterocycles. The average Bonchev–Trinajstić information content (AvgIpc) is 4.23. The Morgan fingerprint density at radius 1 is 0.296 bits per heavy atom. The molecule has 5 nitrogen and oxygen atoms in total. The van der Waals surface area contributed by atoms with Gasteiger partial charge >= 0.3 is 0 Å². The number of hydrogen-bond acceptors (Lipinski definition) is 3. The molecule has 8 bridgehead atoms. The molecule has 0 amide bonds. The first-order chi connectivity index (χ1) is 33.6. The summed E-state index contributed by atoms with van der Waals surface area (Å²) in [6, 6.07) is 2.64. The van der Waals surface area contributed by atoms with Gasteiger partial charge in [0.15, 0.2) is 93.1 Å². The van der Waals surface area contributed by atoms with E-state index in [0.717, 1.165) is 0 Å². The lowest BCUT2D eigenvalue weighted by atomic mass is 9.86. The quantitative estimate of drug-likeness (QED) is 0.105. The van der Waals surface area contributed by atoms with Gasteiger partial charge in [-0.25, -0.2) is 92.8 Å². The summed E-state index contributed by atoms with van der Waals surface area (Å²) in [6.07, 6.45) is 1.22. The van der Waals surface area contributed by atoms with Crippen molar-refractivity contribution in [2.24, 2.45) is 0 Å². The minimum absolute atomic E-state index is 0.612. The fraction of sp³-hybridized carbons (Fsp3) is 0.0870. The lowest BCUT2D eigenvalue weighted by molar-refractivity contribution is 0.189. The first-order valence-electron chi connectivity index (χ1n) is 19.7. The molecule has 0 aliphatic carbocycles. The molecular weight excluding hydrogens is 1000 g/mol. The van der Waals surface area contributed by atoms with E-state index in [-0.39, 0.29) is 0 Å². The van der Waals surface area contributed by atoms with Crippen molar-refractivity contribution in [1.82, 2.24) is 19.9 Å². The van der Waals surface area contributed by atoms with E-state index in [0.29, 0.717) is 36.4 Å². The summed E-state index contributed by atoms with van der Waals surface area (Å²) in [5.41, 5.74) is -19.9. The van der Waals surface area contributed by atoms with Crippen molar-refractivity contribution in [2.75, 3.05) is 13.2 Å². The highest BCUT2D eigenvalue weighted by atomic mass is 19.2. The zero-order valence-corrected chi connectivity index (χ0v) is 33.9. The summed E-state index contributed by atoms with van der Waals surface area (Å²) in [7, 11) is 0. The molecule has 1 fully saturated rings. The summed E-state index contributed by atoms with van der Waals surface area (Å²) in [5.74, 6) is -55.7. The van der Waals surface area contributed by atoms with Gasteiger partial charge in [-0.3, -0.25) is 4.98 Å². The lowest BCUT2D eigenvalue weighted by Gasteiger charge is -2.15. The second-order valence-electron chi connectivity index (χ2n) is 15.7. The molecule has 10 rings (SSSR count). The molecule has 4 aromatic carbocycles. The van der Waals surface area contributed by atoms with Gasteiger partial charge in [0, 0.05) is 56.2 Å². The maximum Gasteiger partial charge on any atom is 0.200 e. The summed E-state index contributed by atoms with van der Waals surface area (Å²) < 4.78 is 312. The number of benzene rings is 4. The van der Waals surface area contributed by atoms with Gasteiger partial charge in [-0.1, -0.05) is 0 Å². The minimum atomic E-state index is -2.71. The van der Waals surface area contributed by atoms with E-state index >= 15 is 70.2 Å². The number of hydrogen-bond donors (Lipinski definition) is 2. The summed E-state index contributed by atoms with van der Waals surface area (Å²) in [4.78, 5) is 12.8. The Bertz CT molecular complexity index is 3440. The van der Waals surface area contributed by atoms with Crippen LogP contribution in [0.4, 0.5) is 87.8 Å². The Morgan fingerprint density at radius 2 is 0.521 bits per heavy atom. The van der Waals surface area contributed by atoms with Crippen LogP contribution < -0.4 is 0 Å². The molecule has 71 heavy (non-hydrogen) atoms. The van der Waals surface area contributed by atoms with Crippen LogP contribution in [0.5, 0.6) is 0 Å². The molecule has 7 aromatic rings. The van der Waals surface area contributed by atoms with Gasteiger partial charge in [0.05, 0.1) is 58.2 Å². The zero-order valence-electron chi connectivity index (χ0n) is 33.9. The van der Waals surface area contributed by atoms with Gasteiger partial charge in [0.25, 0.3) is 0 Å². The standard InChI is InChI=1S/C46H14F20N4O/c47-25-21(26(48)34(56)41(63)33(25)55)17-11-1-2-12(67-11)18(22-27(49)35(57)42(64)36(58)28(22)50)14-4-6-16(69-14)20(24-31(53)39(61)44(66)40(62)32(24)54)46-10-8-71-7-9(10)45(70-46)19(15-5-3-13(17)68-15)23-29(51)37(59)43(65)38(60)30(23)52/h1-6,9-10,68-69H,7-8H2. The highest BCUT2D eigenvalue weighted by molar-refractivity contribution is 5.98. The van der Waals surface area contributed by atoms with Crippen molar-refractivity contribution in [3.05, 3.63) is 163 Å². The Morgan fingerprint density at radius 3 is 0.789 bits per heavy atom. The second-order valence-corrected chi connectivity index (χ2v) is 15.7. The van der Waals surface area contributed by atoms with Gasteiger partial charge in [-0.15, -0.1) is 0 Å². The SMILES string of the molecule is Fc1c(F)c(F)c(-c2c3nc(c(-c4c(F)c(F)c(F)c(F)c4F)c4ccc([nH]4)c(-c4c(F)c(F)c(F)c(F)c4F)c4nc(c(-c5c(F)c(F)c(F)c(F)c5F)c5ccc2[nH]5)C2COCC42)C=C3)c(F)c1F. The molecule has 364 valence electrons. The van der Waals surface area contributed by atoms with Crippen LogP contribution in [0.1, 0.15) is 34.6 Å². The average molecular weight is 1020 g/mol. The zero-order chi connectivity index (χ0) is 51.1. The normalized spacial score (nSPS) is 15.4. The molecular formula is C46H14F20N4O. The van der Waals surface area contributed by atoms with Crippen LogP contribution in [0.2, 0.25) is 0 Å². The lowest BCUT2D eigenvalue weighted by Crippen LogP contribution is -2.09. The summed E-state index contributed by atoms with van der Waals surface area (Å²) >= 11 is 0. The van der Waals surface area contributed by atoms with Gasteiger partial charge in [-0.2, -0.15) is 0 Å². The van der Waals surface area contributed by atoms with Crippen molar-refractivity contribution in [3.8, 4) is 44.5 Å². The highest BCUT2D eigenvalue weighted by Gasteiger charge is 2.44. The second kappa shape index (κ2) is 16.4. The molecule has 2 atom stereocenters. The van der Waals surface area contributed by atoms with Gasteiger partial charge < -0.3 is 14.7 Å². The van der Waals surface area contributed by atoms with Crippen molar-refractivity contribution < 1.29 is 92.5 Å². The van der Waals surface area contributed by atoms with E-state index < -0.39 is 231 Å². The third-order valence-corrected chi connectivity index (χ3v) is 12.0. The fourth-order valence-electron chi connectivity index (χ4n) is 8.79. The fourth-order valence-corrected chi connectivity index (χ4v) is 8.79. The maximum atomic E-state index is 16.1. The monoisotopic (exact) mass is 1020 g/mol. The van der Waals surface area contributed by atoms with Crippen LogP contribution in [0.15, 0.2) is 24.3 Å². The van der Waals surface area contributed by atoms with E-state index in [1.807, 2.05) is 0 Å². The summed E-state index contributed by atoms with van der Waals surface area (Å²) in [5, 5.41) is 0. The van der Waals surface area contributed by atoms with Gasteiger partial charge in [0.1, 0.15) is 0 Å². The van der Waals surface area contributed by atoms with Crippen molar-refractivity contribution in [1.29, 1.82) is 0 Å². The van der Waals surface area contributed by atoms with Crippen LogP contribution in [0.3, 0.4) is 0 Å². The number of aromatic nitrogens is 4. The number of ether oxygens (including phenoxy) is 1. The van der Waals surface area contributed by atoms with Crippen LogP contribution in [-0.4, -0.2) is 33.1 Å². The topological polar surface area (TPSA) is 66.6 Å². The molecule has 1 saturated heterocycles. The predicted molar refractivity (Wildman–Crippen MR) is 207 cm³/mol. The number of H-pyrrole nitrogens is 2. The van der Waals surface area contributed by atoms with Crippen LogP contribution >= 0.6 is 0 Å². The Kier molecular flexibility index (Phi) is 10.9. The van der Waals surface area contributed by atoms with Crippen molar-refractivity contribution in [3.63, 3.8) is 0 Å². The molecule has 25 heteroatoms. The van der Waals surface area contributed by atoms with Gasteiger partial charge in [-0.05, 0) is 36.4 Å². The largest absolute Gasteiger partial charge is 0.380 e. The number of nitrogens with one attached hydrogen (secondary N) is 2. The summed E-state index contributed by atoms with van der Waals surface area (Å²) in [6.45, 7) is -1.39. The maximum absolute atomic E-state index is 16.1.